The SMILES string of the molecule is CCc1ccc(CC(=O)N[C@H]2CC(=O)N(CCc3ccc(F)cc3)C2)cc1. The minimum atomic E-state index is -0.261. The molecule has 2 aromatic rings. The van der Waals surface area contributed by atoms with Crippen LogP contribution in [-0.4, -0.2) is 35.8 Å². The third-order valence-corrected chi connectivity index (χ3v) is 4.96. The summed E-state index contributed by atoms with van der Waals surface area (Å²) in [6.07, 6.45) is 2.31. The average Bonchev–Trinajstić information content (AvgIpc) is 3.01. The summed E-state index contributed by atoms with van der Waals surface area (Å²) in [6.45, 7) is 3.20. The molecule has 0 unspecified atom stereocenters. The van der Waals surface area contributed by atoms with E-state index in [0.717, 1.165) is 17.5 Å². The van der Waals surface area contributed by atoms with Crippen LogP contribution in [0.2, 0.25) is 0 Å². The van der Waals surface area contributed by atoms with Crippen LogP contribution in [0.15, 0.2) is 48.5 Å². The molecule has 1 heterocycles. The summed E-state index contributed by atoms with van der Waals surface area (Å²) in [5.74, 6) is -0.268. The lowest BCUT2D eigenvalue weighted by Gasteiger charge is -2.17. The molecule has 0 saturated carbocycles. The normalized spacial score (nSPS) is 16.6. The van der Waals surface area contributed by atoms with Crippen LogP contribution in [0.25, 0.3) is 0 Å². The van der Waals surface area contributed by atoms with Gasteiger partial charge < -0.3 is 10.2 Å². The first-order valence-electron chi connectivity index (χ1n) is 9.43. The van der Waals surface area contributed by atoms with E-state index in [1.54, 1.807) is 17.0 Å². The predicted molar refractivity (Wildman–Crippen MR) is 103 cm³/mol. The Labute approximate surface area is 159 Å². The van der Waals surface area contributed by atoms with Crippen molar-refractivity contribution in [2.45, 2.75) is 38.6 Å². The molecule has 0 aromatic heterocycles. The minimum Gasteiger partial charge on any atom is -0.351 e. The van der Waals surface area contributed by atoms with Crippen LogP contribution in [0.5, 0.6) is 0 Å². The van der Waals surface area contributed by atoms with Crippen molar-refractivity contribution in [3.05, 3.63) is 71.0 Å². The molecular weight excluding hydrogens is 343 g/mol. The van der Waals surface area contributed by atoms with Crippen LogP contribution in [-0.2, 0) is 28.9 Å². The number of hydrogen-bond acceptors (Lipinski definition) is 2. The van der Waals surface area contributed by atoms with Crippen molar-refractivity contribution < 1.29 is 14.0 Å². The van der Waals surface area contributed by atoms with Gasteiger partial charge in [-0.05, 0) is 41.7 Å². The Bertz CT molecular complexity index is 787. The molecule has 2 amide bonds. The van der Waals surface area contributed by atoms with Crippen molar-refractivity contribution in [2.75, 3.05) is 13.1 Å². The second-order valence-corrected chi connectivity index (χ2v) is 7.03. The molecule has 0 spiro atoms. The molecule has 4 nitrogen and oxygen atoms in total. The van der Waals surface area contributed by atoms with E-state index in [4.69, 9.17) is 0 Å². The maximum atomic E-state index is 13.0. The summed E-state index contributed by atoms with van der Waals surface area (Å²) in [7, 11) is 0. The molecule has 1 fully saturated rings. The molecule has 1 N–H and O–H groups in total. The molecule has 2 aromatic carbocycles. The molecule has 3 rings (SSSR count). The number of nitrogens with zero attached hydrogens (tertiary/aromatic N) is 1. The summed E-state index contributed by atoms with van der Waals surface area (Å²) < 4.78 is 13.0. The van der Waals surface area contributed by atoms with Gasteiger partial charge in [-0.2, -0.15) is 0 Å². The van der Waals surface area contributed by atoms with Crippen LogP contribution in [0, 0.1) is 5.82 Å². The quantitative estimate of drug-likeness (QED) is 0.817. The monoisotopic (exact) mass is 368 g/mol. The van der Waals surface area contributed by atoms with Crippen LogP contribution in [0.3, 0.4) is 0 Å². The first-order chi connectivity index (χ1) is 13.0. The number of carbonyl (C=O) groups is 2. The van der Waals surface area contributed by atoms with E-state index in [1.807, 2.05) is 24.3 Å². The standard InChI is InChI=1S/C22H25FN2O2/c1-2-16-3-5-18(6-4-16)13-21(26)24-20-14-22(27)25(15-20)12-11-17-7-9-19(23)10-8-17/h3-10,20H,2,11-15H2,1H3,(H,24,26)/t20-/m0/s1. The Morgan fingerprint density at radius 3 is 2.37 bits per heavy atom. The minimum absolute atomic E-state index is 0.0507. The largest absolute Gasteiger partial charge is 0.351 e. The third kappa shape index (κ3) is 5.39. The Balaban J connectivity index is 1.46. The highest BCUT2D eigenvalue weighted by Gasteiger charge is 2.30. The number of hydrogen-bond donors (Lipinski definition) is 1. The van der Waals surface area contributed by atoms with E-state index < -0.39 is 0 Å². The number of likely N-dealkylation sites (tertiary alicyclic amines) is 1. The molecule has 1 atom stereocenters. The lowest BCUT2D eigenvalue weighted by molar-refractivity contribution is -0.127. The van der Waals surface area contributed by atoms with Gasteiger partial charge in [-0.15, -0.1) is 0 Å². The molecule has 0 aliphatic carbocycles. The van der Waals surface area contributed by atoms with Crippen molar-refractivity contribution in [1.82, 2.24) is 10.2 Å². The van der Waals surface area contributed by atoms with Gasteiger partial charge in [0.2, 0.25) is 11.8 Å². The second-order valence-electron chi connectivity index (χ2n) is 7.03. The molecule has 0 radical (unpaired) electrons. The summed E-state index contributed by atoms with van der Waals surface area (Å²) >= 11 is 0. The maximum Gasteiger partial charge on any atom is 0.224 e. The van der Waals surface area contributed by atoms with Gasteiger partial charge in [0.1, 0.15) is 5.82 Å². The summed E-state index contributed by atoms with van der Waals surface area (Å²) in [6, 6.07) is 14.2. The summed E-state index contributed by atoms with van der Waals surface area (Å²) in [5.41, 5.74) is 3.21. The number of aryl methyl sites for hydroxylation is 1. The van der Waals surface area contributed by atoms with E-state index in [9.17, 15) is 14.0 Å². The zero-order chi connectivity index (χ0) is 19.2. The van der Waals surface area contributed by atoms with E-state index in [2.05, 4.69) is 12.2 Å². The Kier molecular flexibility index (Phi) is 6.22. The molecule has 5 heteroatoms. The Morgan fingerprint density at radius 2 is 1.70 bits per heavy atom. The van der Waals surface area contributed by atoms with Gasteiger partial charge in [0, 0.05) is 19.5 Å². The second kappa shape index (κ2) is 8.80. The van der Waals surface area contributed by atoms with Crippen molar-refractivity contribution in [1.29, 1.82) is 0 Å². The summed E-state index contributed by atoms with van der Waals surface area (Å²) in [5, 5.41) is 2.97. The van der Waals surface area contributed by atoms with Gasteiger partial charge in [-0.3, -0.25) is 9.59 Å². The molecule has 1 aliphatic heterocycles. The van der Waals surface area contributed by atoms with Crippen LogP contribution < -0.4 is 5.32 Å². The zero-order valence-electron chi connectivity index (χ0n) is 15.6. The highest BCUT2D eigenvalue weighted by molar-refractivity contribution is 5.83. The topological polar surface area (TPSA) is 49.4 Å². The first kappa shape index (κ1) is 19.1. The van der Waals surface area contributed by atoms with Gasteiger partial charge in [0.05, 0.1) is 12.5 Å². The van der Waals surface area contributed by atoms with Gasteiger partial charge >= 0.3 is 0 Å². The van der Waals surface area contributed by atoms with Crippen LogP contribution in [0.1, 0.15) is 30.0 Å². The molecule has 142 valence electrons. The van der Waals surface area contributed by atoms with Crippen molar-refractivity contribution in [3.63, 3.8) is 0 Å². The van der Waals surface area contributed by atoms with E-state index in [1.165, 1.54) is 17.7 Å². The average molecular weight is 368 g/mol. The van der Waals surface area contributed by atoms with Gasteiger partial charge in [-0.25, -0.2) is 4.39 Å². The van der Waals surface area contributed by atoms with E-state index in [-0.39, 0.29) is 23.7 Å². The fraction of sp³-hybridized carbons (Fsp3) is 0.364. The summed E-state index contributed by atoms with van der Waals surface area (Å²) in [4.78, 5) is 26.2. The van der Waals surface area contributed by atoms with Crippen molar-refractivity contribution in [2.24, 2.45) is 0 Å². The fourth-order valence-corrected chi connectivity index (χ4v) is 3.36. The van der Waals surface area contributed by atoms with E-state index in [0.29, 0.717) is 32.4 Å². The third-order valence-electron chi connectivity index (χ3n) is 4.96. The number of rotatable bonds is 7. The van der Waals surface area contributed by atoms with Crippen molar-refractivity contribution in [3.8, 4) is 0 Å². The van der Waals surface area contributed by atoms with E-state index >= 15 is 0 Å². The van der Waals surface area contributed by atoms with Crippen LogP contribution in [0.4, 0.5) is 4.39 Å². The number of carbonyl (C=O) groups excluding carboxylic acids is 2. The molecule has 1 aliphatic rings. The Hall–Kier alpha value is -2.69. The molecule has 0 bridgehead atoms. The Morgan fingerprint density at radius 1 is 1.07 bits per heavy atom. The smallest absolute Gasteiger partial charge is 0.224 e. The lowest BCUT2D eigenvalue weighted by atomic mass is 10.1. The molecule has 27 heavy (non-hydrogen) atoms. The number of benzene rings is 2. The van der Waals surface area contributed by atoms with Gasteiger partial charge in [0.15, 0.2) is 0 Å². The van der Waals surface area contributed by atoms with Gasteiger partial charge in [-0.1, -0.05) is 43.3 Å². The first-order valence-corrected chi connectivity index (χ1v) is 9.43. The molecular formula is C22H25FN2O2. The number of nitrogens with one attached hydrogen (secondary N) is 1. The van der Waals surface area contributed by atoms with Crippen molar-refractivity contribution >= 4 is 11.8 Å². The predicted octanol–water partition coefficient (Wildman–Crippen LogP) is 2.89. The molecule has 1 saturated heterocycles. The number of halogens is 1. The fourth-order valence-electron chi connectivity index (χ4n) is 3.36. The number of amides is 2. The zero-order valence-corrected chi connectivity index (χ0v) is 15.6. The van der Waals surface area contributed by atoms with Gasteiger partial charge in [0.25, 0.3) is 0 Å². The highest BCUT2D eigenvalue weighted by Crippen LogP contribution is 2.13. The maximum absolute atomic E-state index is 13.0. The van der Waals surface area contributed by atoms with Crippen LogP contribution >= 0.6 is 0 Å². The highest BCUT2D eigenvalue weighted by atomic mass is 19.1. The lowest BCUT2D eigenvalue weighted by Crippen LogP contribution is -2.38.